The standard InChI is InChI=1S/C18H20N4OS/c1-10-8-11(2)21-17-13(10)14-15(24-17)18(4-6-22(3)7-5-18)12(9-19)16(20)23-14/h8,12,20H,4-7H2,1-3H3. The second kappa shape index (κ2) is 5.27. The van der Waals surface area contributed by atoms with Gasteiger partial charge in [-0.25, -0.2) is 4.98 Å². The van der Waals surface area contributed by atoms with Crippen molar-refractivity contribution in [3.05, 3.63) is 22.2 Å². The molecule has 0 amide bonds. The number of likely N-dealkylation sites (tertiary alicyclic amines) is 1. The number of nitrogens with one attached hydrogen (secondary N) is 1. The largest absolute Gasteiger partial charge is 0.440 e. The first-order valence-corrected chi connectivity index (χ1v) is 9.03. The molecule has 24 heavy (non-hydrogen) atoms. The highest BCUT2D eigenvalue weighted by molar-refractivity contribution is 7.19. The first-order valence-electron chi connectivity index (χ1n) is 8.22. The summed E-state index contributed by atoms with van der Waals surface area (Å²) in [6.45, 7) is 5.93. The number of nitrogens with zero attached hydrogens (tertiary/aromatic N) is 3. The lowest BCUT2D eigenvalue weighted by atomic mass is 9.66. The Morgan fingerprint density at radius 2 is 2.12 bits per heavy atom. The van der Waals surface area contributed by atoms with Crippen LogP contribution in [0.25, 0.3) is 10.2 Å². The van der Waals surface area contributed by atoms with E-state index < -0.39 is 5.92 Å². The number of nitriles is 1. The molecule has 4 rings (SSSR count). The smallest absolute Gasteiger partial charge is 0.205 e. The Balaban J connectivity index is 2.00. The van der Waals surface area contributed by atoms with E-state index in [0.717, 1.165) is 58.0 Å². The van der Waals surface area contributed by atoms with Gasteiger partial charge in [0.25, 0.3) is 0 Å². The van der Waals surface area contributed by atoms with Gasteiger partial charge in [-0.2, -0.15) is 5.26 Å². The van der Waals surface area contributed by atoms with Gasteiger partial charge in [-0.05, 0) is 58.5 Å². The van der Waals surface area contributed by atoms with Crippen LogP contribution in [-0.2, 0) is 5.41 Å². The van der Waals surface area contributed by atoms with E-state index >= 15 is 0 Å². The third-order valence-electron chi connectivity index (χ3n) is 5.43. The van der Waals surface area contributed by atoms with Crippen molar-refractivity contribution in [2.75, 3.05) is 20.1 Å². The molecule has 1 fully saturated rings. The summed E-state index contributed by atoms with van der Waals surface area (Å²) in [5.41, 5.74) is 1.81. The zero-order valence-corrected chi connectivity index (χ0v) is 15.0. The predicted octanol–water partition coefficient (Wildman–Crippen LogP) is 3.39. The fourth-order valence-corrected chi connectivity index (χ4v) is 5.60. The molecule has 6 heteroatoms. The molecule has 2 aliphatic rings. The molecule has 0 radical (unpaired) electrons. The molecule has 1 atom stereocenters. The molecule has 2 aromatic rings. The minimum absolute atomic E-state index is 0.0919. The van der Waals surface area contributed by atoms with Gasteiger partial charge in [0, 0.05) is 11.1 Å². The van der Waals surface area contributed by atoms with E-state index in [4.69, 9.17) is 10.1 Å². The van der Waals surface area contributed by atoms with E-state index in [-0.39, 0.29) is 11.3 Å². The van der Waals surface area contributed by atoms with Gasteiger partial charge in [-0.15, -0.1) is 11.3 Å². The molecule has 0 aromatic carbocycles. The summed E-state index contributed by atoms with van der Waals surface area (Å²) < 4.78 is 5.88. The van der Waals surface area contributed by atoms with Crippen molar-refractivity contribution in [1.82, 2.24) is 9.88 Å². The predicted molar refractivity (Wildman–Crippen MR) is 95.0 cm³/mol. The van der Waals surface area contributed by atoms with Gasteiger partial charge in [0.05, 0.1) is 16.3 Å². The average molecular weight is 340 g/mol. The molecule has 0 saturated carbocycles. The molecular formula is C18H20N4OS. The van der Waals surface area contributed by atoms with Crippen LogP contribution >= 0.6 is 11.3 Å². The second-order valence-corrected chi connectivity index (χ2v) is 8.01. The fourth-order valence-electron chi connectivity index (χ4n) is 4.10. The maximum atomic E-state index is 9.75. The minimum Gasteiger partial charge on any atom is -0.440 e. The maximum Gasteiger partial charge on any atom is 0.205 e. The number of aromatic nitrogens is 1. The van der Waals surface area contributed by atoms with Crippen molar-refractivity contribution in [2.24, 2.45) is 5.92 Å². The second-order valence-electron chi connectivity index (χ2n) is 7.01. The molecule has 1 saturated heterocycles. The summed E-state index contributed by atoms with van der Waals surface area (Å²) >= 11 is 1.65. The molecule has 1 unspecified atom stereocenters. The van der Waals surface area contributed by atoms with E-state index in [0.29, 0.717) is 0 Å². The normalized spacial score (nSPS) is 23.1. The van der Waals surface area contributed by atoms with Gasteiger partial charge in [-0.3, -0.25) is 5.41 Å². The van der Waals surface area contributed by atoms with Gasteiger partial charge >= 0.3 is 0 Å². The topological polar surface area (TPSA) is 73.0 Å². The van der Waals surface area contributed by atoms with Crippen LogP contribution in [0.1, 0.15) is 29.0 Å². The summed E-state index contributed by atoms with van der Waals surface area (Å²) in [7, 11) is 2.11. The van der Waals surface area contributed by atoms with Crippen LogP contribution < -0.4 is 4.74 Å². The number of thiophene rings is 1. The number of ether oxygens (including phenoxy) is 1. The van der Waals surface area contributed by atoms with E-state index in [1.807, 2.05) is 6.92 Å². The first-order chi connectivity index (χ1) is 11.5. The van der Waals surface area contributed by atoms with Gasteiger partial charge in [0.15, 0.2) is 5.75 Å². The zero-order chi connectivity index (χ0) is 17.1. The highest BCUT2D eigenvalue weighted by atomic mass is 32.1. The Morgan fingerprint density at radius 3 is 2.79 bits per heavy atom. The number of fused-ring (bicyclic) bond motifs is 4. The number of hydrogen-bond acceptors (Lipinski definition) is 6. The van der Waals surface area contributed by atoms with Crippen LogP contribution in [0.4, 0.5) is 0 Å². The Labute approximate surface area is 145 Å². The van der Waals surface area contributed by atoms with Crippen LogP contribution in [-0.4, -0.2) is 35.9 Å². The summed E-state index contributed by atoms with van der Waals surface area (Å²) in [5, 5.41) is 19.1. The third-order valence-corrected chi connectivity index (χ3v) is 6.72. The van der Waals surface area contributed by atoms with E-state index in [2.05, 4.69) is 36.0 Å². The van der Waals surface area contributed by atoms with E-state index in [1.54, 1.807) is 11.3 Å². The SMILES string of the molecule is Cc1cc(C)c2c3c(sc2n1)C1(CCN(C)CC1)C(C#N)C(=N)O3. The van der Waals surface area contributed by atoms with Crippen molar-refractivity contribution >= 4 is 27.5 Å². The molecule has 0 aliphatic carbocycles. The molecule has 124 valence electrons. The molecule has 0 bridgehead atoms. The fraction of sp³-hybridized carbons (Fsp3) is 0.500. The van der Waals surface area contributed by atoms with Crippen molar-refractivity contribution in [2.45, 2.75) is 32.1 Å². The van der Waals surface area contributed by atoms with Gasteiger partial charge in [-0.1, -0.05) is 0 Å². The van der Waals surface area contributed by atoms with E-state index in [1.165, 1.54) is 0 Å². The number of piperidine rings is 1. The van der Waals surface area contributed by atoms with E-state index in [9.17, 15) is 5.26 Å². The zero-order valence-electron chi connectivity index (χ0n) is 14.1. The summed E-state index contributed by atoms with van der Waals surface area (Å²) in [5.74, 6) is 0.364. The molecular weight excluding hydrogens is 320 g/mol. The summed E-state index contributed by atoms with van der Waals surface area (Å²) in [6.07, 6.45) is 1.76. The Kier molecular flexibility index (Phi) is 3.41. The highest BCUT2D eigenvalue weighted by Gasteiger charge is 2.52. The Bertz CT molecular complexity index is 887. The Morgan fingerprint density at radius 1 is 1.42 bits per heavy atom. The third kappa shape index (κ3) is 2.01. The van der Waals surface area contributed by atoms with Crippen LogP contribution in [0.15, 0.2) is 6.07 Å². The quantitative estimate of drug-likeness (QED) is 0.798. The number of hydrogen-bond donors (Lipinski definition) is 1. The van der Waals surface area contributed by atoms with Crippen molar-refractivity contribution in [3.63, 3.8) is 0 Å². The minimum atomic E-state index is -0.506. The highest BCUT2D eigenvalue weighted by Crippen LogP contribution is 2.55. The van der Waals surface area contributed by atoms with Gasteiger partial charge in [0.1, 0.15) is 10.7 Å². The van der Waals surface area contributed by atoms with Crippen LogP contribution in [0, 0.1) is 36.5 Å². The maximum absolute atomic E-state index is 9.75. The molecule has 1 N–H and O–H groups in total. The van der Waals surface area contributed by atoms with Crippen molar-refractivity contribution < 1.29 is 4.74 Å². The molecule has 2 aromatic heterocycles. The lowest BCUT2D eigenvalue weighted by Gasteiger charge is -2.45. The first kappa shape index (κ1) is 15.6. The molecule has 4 heterocycles. The molecule has 1 spiro atoms. The lowest BCUT2D eigenvalue weighted by molar-refractivity contribution is 0.161. The molecule has 2 aliphatic heterocycles. The summed E-state index contributed by atoms with van der Waals surface area (Å²) in [6, 6.07) is 4.41. The van der Waals surface area contributed by atoms with Crippen molar-refractivity contribution in [3.8, 4) is 11.8 Å². The average Bonchev–Trinajstić information content (AvgIpc) is 2.89. The van der Waals surface area contributed by atoms with Gasteiger partial charge < -0.3 is 9.64 Å². The summed E-state index contributed by atoms with van der Waals surface area (Å²) in [4.78, 5) is 9.06. The number of pyridine rings is 1. The number of rotatable bonds is 0. The number of aryl methyl sites for hydroxylation is 2. The van der Waals surface area contributed by atoms with Crippen molar-refractivity contribution in [1.29, 1.82) is 10.7 Å². The van der Waals surface area contributed by atoms with Crippen LogP contribution in [0.2, 0.25) is 0 Å². The van der Waals surface area contributed by atoms with Crippen LogP contribution in [0.5, 0.6) is 5.75 Å². The monoisotopic (exact) mass is 340 g/mol. The van der Waals surface area contributed by atoms with Crippen LogP contribution in [0.3, 0.4) is 0 Å². The lowest BCUT2D eigenvalue weighted by Crippen LogP contribution is -2.50. The Hall–Kier alpha value is -1.97. The van der Waals surface area contributed by atoms with Gasteiger partial charge in [0.2, 0.25) is 5.90 Å². The molecule has 5 nitrogen and oxygen atoms in total.